The van der Waals surface area contributed by atoms with E-state index in [2.05, 4.69) is 57.3 Å². The van der Waals surface area contributed by atoms with Gasteiger partial charge in [0.15, 0.2) is 0 Å². The standard InChI is InChI=1S/C16H23NO/c1-10(2)13-8-6-7-12-9-14(18-16(12)13)15(17-5)11(3)4/h6-11,15,17H,1-5H3. The van der Waals surface area contributed by atoms with Gasteiger partial charge in [0.1, 0.15) is 11.3 Å². The van der Waals surface area contributed by atoms with Crippen LogP contribution in [0.4, 0.5) is 0 Å². The number of rotatable bonds is 4. The van der Waals surface area contributed by atoms with E-state index in [9.17, 15) is 0 Å². The number of hydrogen-bond acceptors (Lipinski definition) is 2. The van der Waals surface area contributed by atoms with Gasteiger partial charge in [-0.2, -0.15) is 0 Å². The van der Waals surface area contributed by atoms with Crippen LogP contribution in [-0.4, -0.2) is 7.05 Å². The molecule has 2 aromatic rings. The summed E-state index contributed by atoms with van der Waals surface area (Å²) in [4.78, 5) is 0. The van der Waals surface area contributed by atoms with Crippen molar-refractivity contribution < 1.29 is 4.42 Å². The van der Waals surface area contributed by atoms with E-state index < -0.39 is 0 Å². The van der Waals surface area contributed by atoms with Gasteiger partial charge in [0.05, 0.1) is 6.04 Å². The number of furan rings is 1. The van der Waals surface area contributed by atoms with E-state index in [1.165, 1.54) is 10.9 Å². The molecule has 0 fully saturated rings. The van der Waals surface area contributed by atoms with E-state index in [0.29, 0.717) is 11.8 Å². The van der Waals surface area contributed by atoms with Gasteiger partial charge < -0.3 is 9.73 Å². The van der Waals surface area contributed by atoms with Crippen molar-refractivity contribution in [3.63, 3.8) is 0 Å². The highest BCUT2D eigenvalue weighted by Gasteiger charge is 2.19. The zero-order valence-electron chi connectivity index (χ0n) is 11.9. The third-order valence-corrected chi connectivity index (χ3v) is 3.50. The molecular formula is C16H23NO. The minimum absolute atomic E-state index is 0.275. The molecule has 0 radical (unpaired) electrons. The molecule has 0 saturated heterocycles. The second kappa shape index (κ2) is 5.15. The molecule has 98 valence electrons. The Morgan fingerprint density at radius 3 is 2.39 bits per heavy atom. The molecule has 0 aliphatic carbocycles. The summed E-state index contributed by atoms with van der Waals surface area (Å²) < 4.78 is 6.11. The summed E-state index contributed by atoms with van der Waals surface area (Å²) in [6, 6.07) is 8.84. The Morgan fingerprint density at radius 2 is 1.83 bits per heavy atom. The first-order valence-corrected chi connectivity index (χ1v) is 6.74. The molecule has 0 amide bonds. The minimum Gasteiger partial charge on any atom is -0.459 e. The quantitative estimate of drug-likeness (QED) is 0.859. The first-order chi connectivity index (χ1) is 8.54. The molecule has 0 spiro atoms. The van der Waals surface area contributed by atoms with Crippen molar-refractivity contribution in [1.82, 2.24) is 5.32 Å². The molecule has 1 aromatic heterocycles. The van der Waals surface area contributed by atoms with Gasteiger partial charge in [-0.25, -0.2) is 0 Å². The van der Waals surface area contributed by atoms with Gasteiger partial charge in [-0.05, 0) is 30.5 Å². The largest absolute Gasteiger partial charge is 0.459 e. The average molecular weight is 245 g/mol. The molecule has 2 nitrogen and oxygen atoms in total. The van der Waals surface area contributed by atoms with Gasteiger partial charge in [-0.15, -0.1) is 0 Å². The van der Waals surface area contributed by atoms with Gasteiger partial charge in [-0.1, -0.05) is 45.9 Å². The number of nitrogens with one attached hydrogen (secondary N) is 1. The van der Waals surface area contributed by atoms with E-state index in [1.54, 1.807) is 0 Å². The lowest BCUT2D eigenvalue weighted by Gasteiger charge is -2.17. The molecule has 0 aliphatic rings. The highest BCUT2D eigenvalue weighted by molar-refractivity contribution is 5.81. The summed E-state index contributed by atoms with van der Waals surface area (Å²) in [7, 11) is 1.99. The van der Waals surface area contributed by atoms with Crippen LogP contribution in [0.5, 0.6) is 0 Å². The predicted molar refractivity (Wildman–Crippen MR) is 76.9 cm³/mol. The minimum atomic E-state index is 0.275. The topological polar surface area (TPSA) is 25.2 Å². The maximum Gasteiger partial charge on any atom is 0.137 e. The van der Waals surface area contributed by atoms with Crippen molar-refractivity contribution >= 4 is 11.0 Å². The SMILES string of the molecule is CNC(c1cc2cccc(C(C)C)c2o1)C(C)C. The monoisotopic (exact) mass is 245 g/mol. The summed E-state index contributed by atoms with van der Waals surface area (Å²) in [6.07, 6.45) is 0. The fraction of sp³-hybridized carbons (Fsp3) is 0.500. The van der Waals surface area contributed by atoms with Crippen molar-refractivity contribution in [1.29, 1.82) is 0 Å². The maximum atomic E-state index is 6.11. The van der Waals surface area contributed by atoms with Crippen molar-refractivity contribution in [2.24, 2.45) is 5.92 Å². The summed E-state index contributed by atoms with van der Waals surface area (Å²) in [5.74, 6) is 2.04. The Hall–Kier alpha value is -1.28. The Bertz CT molecular complexity index is 525. The fourth-order valence-electron chi connectivity index (χ4n) is 2.52. The van der Waals surface area contributed by atoms with Crippen molar-refractivity contribution in [3.8, 4) is 0 Å². The van der Waals surface area contributed by atoms with Crippen LogP contribution in [0.2, 0.25) is 0 Å². The molecule has 18 heavy (non-hydrogen) atoms. The van der Waals surface area contributed by atoms with Crippen molar-refractivity contribution in [3.05, 3.63) is 35.6 Å². The molecule has 2 rings (SSSR count). The van der Waals surface area contributed by atoms with Crippen LogP contribution < -0.4 is 5.32 Å². The van der Waals surface area contributed by atoms with Gasteiger partial charge in [0, 0.05) is 5.39 Å². The van der Waals surface area contributed by atoms with E-state index in [0.717, 1.165) is 11.3 Å². The summed E-state index contributed by atoms with van der Waals surface area (Å²) in [5.41, 5.74) is 2.33. The van der Waals surface area contributed by atoms with Crippen LogP contribution in [-0.2, 0) is 0 Å². The van der Waals surface area contributed by atoms with Crippen LogP contribution >= 0.6 is 0 Å². The van der Waals surface area contributed by atoms with E-state index in [4.69, 9.17) is 4.42 Å². The van der Waals surface area contributed by atoms with Crippen LogP contribution in [0, 0.1) is 5.92 Å². The van der Waals surface area contributed by atoms with Crippen LogP contribution in [0.1, 0.15) is 51.0 Å². The van der Waals surface area contributed by atoms with E-state index in [1.807, 2.05) is 7.05 Å². The van der Waals surface area contributed by atoms with E-state index in [-0.39, 0.29) is 6.04 Å². The number of hydrogen-bond donors (Lipinski definition) is 1. The molecular weight excluding hydrogens is 222 g/mol. The van der Waals surface area contributed by atoms with Crippen LogP contribution in [0.15, 0.2) is 28.7 Å². The maximum absolute atomic E-state index is 6.11. The zero-order chi connectivity index (χ0) is 13.3. The van der Waals surface area contributed by atoms with Crippen molar-refractivity contribution in [2.75, 3.05) is 7.05 Å². The number of benzene rings is 1. The number of fused-ring (bicyclic) bond motifs is 1. The lowest BCUT2D eigenvalue weighted by Crippen LogP contribution is -2.20. The molecule has 1 heterocycles. The van der Waals surface area contributed by atoms with Gasteiger partial charge in [0.2, 0.25) is 0 Å². The molecule has 1 N–H and O–H groups in total. The third-order valence-electron chi connectivity index (χ3n) is 3.50. The number of para-hydroxylation sites is 1. The molecule has 0 saturated carbocycles. The second-order valence-corrected chi connectivity index (χ2v) is 5.58. The second-order valence-electron chi connectivity index (χ2n) is 5.58. The molecule has 1 unspecified atom stereocenters. The Kier molecular flexibility index (Phi) is 3.76. The molecule has 0 bridgehead atoms. The zero-order valence-corrected chi connectivity index (χ0v) is 11.9. The van der Waals surface area contributed by atoms with Gasteiger partial charge in [-0.3, -0.25) is 0 Å². The van der Waals surface area contributed by atoms with Crippen LogP contribution in [0.25, 0.3) is 11.0 Å². The average Bonchev–Trinajstić information content (AvgIpc) is 2.71. The highest BCUT2D eigenvalue weighted by atomic mass is 16.3. The summed E-state index contributed by atoms with van der Waals surface area (Å²) in [5, 5.41) is 4.54. The first-order valence-electron chi connectivity index (χ1n) is 6.74. The lowest BCUT2D eigenvalue weighted by atomic mass is 10.0. The van der Waals surface area contributed by atoms with Gasteiger partial charge >= 0.3 is 0 Å². The Labute approximate surface area is 109 Å². The Balaban J connectivity index is 2.53. The third kappa shape index (κ3) is 2.30. The molecule has 1 aromatic carbocycles. The smallest absolute Gasteiger partial charge is 0.137 e. The fourth-order valence-corrected chi connectivity index (χ4v) is 2.52. The normalized spacial score (nSPS) is 13.7. The van der Waals surface area contributed by atoms with E-state index >= 15 is 0 Å². The molecule has 2 heteroatoms. The highest BCUT2D eigenvalue weighted by Crippen LogP contribution is 2.32. The lowest BCUT2D eigenvalue weighted by molar-refractivity contribution is 0.370. The molecule has 1 atom stereocenters. The summed E-state index contributed by atoms with van der Waals surface area (Å²) in [6.45, 7) is 8.82. The Morgan fingerprint density at radius 1 is 1.11 bits per heavy atom. The molecule has 0 aliphatic heterocycles. The van der Waals surface area contributed by atoms with Crippen LogP contribution in [0.3, 0.4) is 0 Å². The summed E-state index contributed by atoms with van der Waals surface area (Å²) >= 11 is 0. The predicted octanol–water partition coefficient (Wildman–Crippen LogP) is 4.47. The van der Waals surface area contributed by atoms with Gasteiger partial charge in [0.25, 0.3) is 0 Å². The van der Waals surface area contributed by atoms with Crippen molar-refractivity contribution in [2.45, 2.75) is 39.7 Å². The first kappa shape index (κ1) is 13.2.